The second kappa shape index (κ2) is 6.86. The highest BCUT2D eigenvalue weighted by Gasteiger charge is 2.09. The van der Waals surface area contributed by atoms with E-state index in [4.69, 9.17) is 10.5 Å². The molecule has 0 spiro atoms. The van der Waals surface area contributed by atoms with Crippen molar-refractivity contribution in [2.24, 2.45) is 11.7 Å². The lowest BCUT2D eigenvalue weighted by Crippen LogP contribution is -2.36. The Kier molecular flexibility index (Phi) is 6.54. The molecule has 4 heteroatoms. The molecule has 13 heavy (non-hydrogen) atoms. The van der Waals surface area contributed by atoms with Gasteiger partial charge < -0.3 is 15.8 Å². The average molecular weight is 188 g/mol. The summed E-state index contributed by atoms with van der Waals surface area (Å²) in [5.41, 5.74) is 5.41. The standard InChI is InChI=1S/C9H20N2O2/c1-7(5-10)4-9(12)11-8(2)6-13-3/h7-8H,4-6,10H2,1-3H3,(H,11,12). The maximum atomic E-state index is 11.3. The summed E-state index contributed by atoms with van der Waals surface area (Å²) in [6.07, 6.45) is 0.491. The third kappa shape index (κ3) is 6.54. The van der Waals surface area contributed by atoms with Crippen LogP contribution in [0.2, 0.25) is 0 Å². The second-order valence-corrected chi connectivity index (χ2v) is 3.47. The fourth-order valence-electron chi connectivity index (χ4n) is 1.03. The molecule has 0 saturated heterocycles. The van der Waals surface area contributed by atoms with Crippen LogP contribution < -0.4 is 11.1 Å². The van der Waals surface area contributed by atoms with Gasteiger partial charge in [-0.2, -0.15) is 0 Å². The summed E-state index contributed by atoms with van der Waals surface area (Å²) in [7, 11) is 1.62. The highest BCUT2D eigenvalue weighted by atomic mass is 16.5. The number of carbonyl (C=O) groups is 1. The van der Waals surface area contributed by atoms with Crippen molar-refractivity contribution in [3.05, 3.63) is 0 Å². The van der Waals surface area contributed by atoms with Crippen LogP contribution in [0.25, 0.3) is 0 Å². The maximum Gasteiger partial charge on any atom is 0.220 e. The van der Waals surface area contributed by atoms with Gasteiger partial charge in [-0.25, -0.2) is 0 Å². The van der Waals surface area contributed by atoms with Crippen LogP contribution in [0, 0.1) is 5.92 Å². The molecule has 0 rings (SSSR count). The number of nitrogens with two attached hydrogens (primary N) is 1. The van der Waals surface area contributed by atoms with E-state index in [1.54, 1.807) is 7.11 Å². The number of methoxy groups -OCH3 is 1. The number of ether oxygens (including phenoxy) is 1. The van der Waals surface area contributed by atoms with E-state index in [0.717, 1.165) is 0 Å². The zero-order valence-corrected chi connectivity index (χ0v) is 8.67. The largest absolute Gasteiger partial charge is 0.383 e. The molecule has 0 bridgehead atoms. The maximum absolute atomic E-state index is 11.3. The van der Waals surface area contributed by atoms with Crippen LogP contribution in [-0.4, -0.2) is 32.2 Å². The van der Waals surface area contributed by atoms with Gasteiger partial charge in [0.05, 0.1) is 6.61 Å². The molecule has 0 aromatic rings. The summed E-state index contributed by atoms with van der Waals surface area (Å²) >= 11 is 0. The van der Waals surface area contributed by atoms with E-state index in [1.165, 1.54) is 0 Å². The topological polar surface area (TPSA) is 64.3 Å². The van der Waals surface area contributed by atoms with E-state index < -0.39 is 0 Å². The monoisotopic (exact) mass is 188 g/mol. The first-order valence-corrected chi connectivity index (χ1v) is 4.58. The van der Waals surface area contributed by atoms with Crippen LogP contribution in [0.1, 0.15) is 20.3 Å². The van der Waals surface area contributed by atoms with Gasteiger partial charge in [0.25, 0.3) is 0 Å². The normalized spacial score (nSPS) is 15.1. The minimum Gasteiger partial charge on any atom is -0.383 e. The summed E-state index contributed by atoms with van der Waals surface area (Å²) in [5.74, 6) is 0.289. The summed E-state index contributed by atoms with van der Waals surface area (Å²) in [6.45, 7) is 4.96. The smallest absolute Gasteiger partial charge is 0.220 e. The highest BCUT2D eigenvalue weighted by molar-refractivity contribution is 5.76. The van der Waals surface area contributed by atoms with Crippen LogP contribution in [0.3, 0.4) is 0 Å². The van der Waals surface area contributed by atoms with Crippen LogP contribution in [0.5, 0.6) is 0 Å². The van der Waals surface area contributed by atoms with Crippen molar-refractivity contribution in [2.45, 2.75) is 26.3 Å². The van der Waals surface area contributed by atoms with Crippen molar-refractivity contribution < 1.29 is 9.53 Å². The predicted molar refractivity (Wildman–Crippen MR) is 52.3 cm³/mol. The van der Waals surface area contributed by atoms with Gasteiger partial charge in [-0.3, -0.25) is 4.79 Å². The van der Waals surface area contributed by atoms with Crippen molar-refractivity contribution in [3.8, 4) is 0 Å². The lowest BCUT2D eigenvalue weighted by atomic mass is 10.1. The van der Waals surface area contributed by atoms with Gasteiger partial charge in [0.2, 0.25) is 5.91 Å². The molecule has 78 valence electrons. The van der Waals surface area contributed by atoms with E-state index in [2.05, 4.69) is 5.32 Å². The molecule has 0 fully saturated rings. The van der Waals surface area contributed by atoms with Gasteiger partial charge in [-0.05, 0) is 19.4 Å². The molecular weight excluding hydrogens is 168 g/mol. The quantitative estimate of drug-likeness (QED) is 0.622. The fraction of sp³-hybridized carbons (Fsp3) is 0.889. The molecule has 0 aliphatic heterocycles. The molecule has 4 nitrogen and oxygen atoms in total. The van der Waals surface area contributed by atoms with Gasteiger partial charge >= 0.3 is 0 Å². The van der Waals surface area contributed by atoms with Crippen molar-refractivity contribution in [1.82, 2.24) is 5.32 Å². The molecule has 3 N–H and O–H groups in total. The van der Waals surface area contributed by atoms with Gasteiger partial charge in [-0.1, -0.05) is 6.92 Å². The van der Waals surface area contributed by atoms with E-state index >= 15 is 0 Å². The van der Waals surface area contributed by atoms with E-state index in [0.29, 0.717) is 19.6 Å². The van der Waals surface area contributed by atoms with Gasteiger partial charge in [-0.15, -0.1) is 0 Å². The Bertz CT molecular complexity index is 151. The fourth-order valence-corrected chi connectivity index (χ4v) is 1.03. The van der Waals surface area contributed by atoms with Crippen LogP contribution in [0.4, 0.5) is 0 Å². The first-order chi connectivity index (χ1) is 6.10. The first kappa shape index (κ1) is 12.4. The lowest BCUT2D eigenvalue weighted by Gasteiger charge is -2.14. The second-order valence-electron chi connectivity index (χ2n) is 3.47. The number of nitrogens with one attached hydrogen (secondary N) is 1. The Morgan fingerprint density at radius 2 is 2.15 bits per heavy atom. The predicted octanol–water partition coefficient (Wildman–Crippen LogP) is 0.122. The average Bonchev–Trinajstić information content (AvgIpc) is 2.04. The molecule has 0 radical (unpaired) electrons. The first-order valence-electron chi connectivity index (χ1n) is 4.58. The lowest BCUT2D eigenvalue weighted by molar-refractivity contribution is -0.122. The molecule has 2 unspecified atom stereocenters. The van der Waals surface area contributed by atoms with Crippen molar-refractivity contribution in [2.75, 3.05) is 20.3 Å². The minimum absolute atomic E-state index is 0.0440. The molecule has 0 aliphatic rings. The number of amides is 1. The zero-order chi connectivity index (χ0) is 10.3. The van der Waals surface area contributed by atoms with Crippen molar-refractivity contribution >= 4 is 5.91 Å². The summed E-state index contributed by atoms with van der Waals surface area (Å²) in [4.78, 5) is 11.3. The number of rotatable bonds is 6. The van der Waals surface area contributed by atoms with Crippen molar-refractivity contribution in [3.63, 3.8) is 0 Å². The Hall–Kier alpha value is -0.610. The molecule has 0 heterocycles. The molecule has 2 atom stereocenters. The molecule has 0 aromatic carbocycles. The number of carbonyl (C=O) groups excluding carboxylic acids is 1. The van der Waals surface area contributed by atoms with E-state index in [1.807, 2.05) is 13.8 Å². The molecular formula is C9H20N2O2. The zero-order valence-electron chi connectivity index (χ0n) is 8.67. The third-order valence-electron chi connectivity index (χ3n) is 1.76. The Balaban J connectivity index is 3.61. The van der Waals surface area contributed by atoms with E-state index in [9.17, 15) is 4.79 Å². The molecule has 0 saturated carbocycles. The Morgan fingerprint density at radius 3 is 2.62 bits per heavy atom. The summed E-state index contributed by atoms with van der Waals surface area (Å²) in [6, 6.07) is 0.0717. The highest BCUT2D eigenvalue weighted by Crippen LogP contribution is 1.98. The van der Waals surface area contributed by atoms with E-state index in [-0.39, 0.29) is 17.9 Å². The number of hydrogen-bond donors (Lipinski definition) is 2. The Morgan fingerprint density at radius 1 is 1.54 bits per heavy atom. The molecule has 0 aliphatic carbocycles. The van der Waals surface area contributed by atoms with Crippen molar-refractivity contribution in [1.29, 1.82) is 0 Å². The van der Waals surface area contributed by atoms with Gasteiger partial charge in [0.1, 0.15) is 0 Å². The Labute approximate surface area is 79.8 Å². The third-order valence-corrected chi connectivity index (χ3v) is 1.76. The van der Waals surface area contributed by atoms with Gasteiger partial charge in [0.15, 0.2) is 0 Å². The van der Waals surface area contributed by atoms with Crippen LogP contribution in [0.15, 0.2) is 0 Å². The summed E-state index contributed by atoms with van der Waals surface area (Å²) in [5, 5.41) is 2.83. The molecule has 1 amide bonds. The molecule has 0 aromatic heterocycles. The van der Waals surface area contributed by atoms with Crippen LogP contribution in [-0.2, 0) is 9.53 Å². The SMILES string of the molecule is COCC(C)NC(=O)CC(C)CN. The van der Waals surface area contributed by atoms with Gasteiger partial charge in [0, 0.05) is 19.6 Å². The minimum atomic E-state index is 0.0440. The number of hydrogen-bond acceptors (Lipinski definition) is 3. The summed E-state index contributed by atoms with van der Waals surface area (Å²) < 4.78 is 4.90. The van der Waals surface area contributed by atoms with Crippen LogP contribution >= 0.6 is 0 Å².